The van der Waals surface area contributed by atoms with Crippen molar-refractivity contribution in [1.82, 2.24) is 20.3 Å². The van der Waals surface area contributed by atoms with Crippen LogP contribution in [0.2, 0.25) is 0 Å². The highest BCUT2D eigenvalue weighted by atomic mass is 16.7. The highest BCUT2D eigenvalue weighted by Gasteiger charge is 2.48. The molecule has 3 atom stereocenters. The molecule has 3 saturated heterocycles. The van der Waals surface area contributed by atoms with Gasteiger partial charge in [0.05, 0.1) is 18.7 Å². The van der Waals surface area contributed by atoms with Crippen molar-refractivity contribution in [1.29, 1.82) is 0 Å². The Morgan fingerprint density at radius 1 is 1.12 bits per heavy atom. The molecule has 0 radical (unpaired) electrons. The zero-order valence-corrected chi connectivity index (χ0v) is 20.1. The second-order valence-corrected chi connectivity index (χ2v) is 10.0. The van der Waals surface area contributed by atoms with Crippen molar-refractivity contribution in [2.45, 2.75) is 76.8 Å². The molecule has 3 aliphatic rings. The smallest absolute Gasteiger partial charge is 0.410 e. The fourth-order valence-corrected chi connectivity index (χ4v) is 4.64. The van der Waals surface area contributed by atoms with E-state index in [1.165, 1.54) is 5.06 Å². The van der Waals surface area contributed by atoms with Gasteiger partial charge in [0, 0.05) is 13.1 Å². The molecule has 10 nitrogen and oxygen atoms in total. The van der Waals surface area contributed by atoms with E-state index >= 15 is 0 Å². The molecule has 1 aromatic carbocycles. The number of urea groups is 1. The van der Waals surface area contributed by atoms with E-state index in [0.29, 0.717) is 32.5 Å². The molecule has 0 spiro atoms. The number of carbonyl (C=O) groups excluding carboxylic acids is 3. The van der Waals surface area contributed by atoms with Crippen LogP contribution >= 0.6 is 0 Å². The maximum atomic E-state index is 12.9. The van der Waals surface area contributed by atoms with Crippen LogP contribution in [-0.2, 0) is 25.8 Å². The number of nitrogens with one attached hydrogen (secondary N) is 1. The van der Waals surface area contributed by atoms with E-state index < -0.39 is 11.6 Å². The minimum atomic E-state index is -0.611. The van der Waals surface area contributed by atoms with Crippen molar-refractivity contribution < 1.29 is 28.8 Å². The summed E-state index contributed by atoms with van der Waals surface area (Å²) in [6.07, 6.45) is 2.46. The molecule has 0 aromatic heterocycles. The number of ether oxygens (including phenoxy) is 1. The first-order valence-electron chi connectivity index (χ1n) is 11.9. The summed E-state index contributed by atoms with van der Waals surface area (Å²) in [4.78, 5) is 52.6. The fourth-order valence-electron chi connectivity index (χ4n) is 4.64. The topological polar surface area (TPSA) is 101 Å². The number of hydrogen-bond donors (Lipinski definition) is 1. The van der Waals surface area contributed by atoms with Crippen LogP contribution in [0.15, 0.2) is 30.3 Å². The van der Waals surface area contributed by atoms with Crippen LogP contribution in [0.25, 0.3) is 0 Å². The number of likely N-dealkylation sites (tertiary alicyclic amines) is 1. The molecular weight excluding hydrogens is 440 g/mol. The van der Waals surface area contributed by atoms with E-state index in [1.807, 2.05) is 51.1 Å². The van der Waals surface area contributed by atoms with Gasteiger partial charge in [0.2, 0.25) is 0 Å². The highest BCUT2D eigenvalue weighted by Crippen LogP contribution is 2.30. The highest BCUT2D eigenvalue weighted by molar-refractivity contribution is 5.88. The summed E-state index contributed by atoms with van der Waals surface area (Å²) in [5, 5.41) is 1.40. The minimum Gasteiger partial charge on any atom is -0.444 e. The Hall–Kier alpha value is -2.85. The number of benzene rings is 1. The van der Waals surface area contributed by atoms with Gasteiger partial charge in [0.1, 0.15) is 18.2 Å². The second kappa shape index (κ2) is 10.2. The van der Waals surface area contributed by atoms with Gasteiger partial charge in [-0.3, -0.25) is 14.5 Å². The van der Waals surface area contributed by atoms with Crippen LogP contribution in [0.5, 0.6) is 0 Å². The summed E-state index contributed by atoms with van der Waals surface area (Å²) < 4.78 is 5.46. The van der Waals surface area contributed by atoms with Crippen LogP contribution in [0.1, 0.15) is 52.0 Å². The van der Waals surface area contributed by atoms with E-state index in [4.69, 9.17) is 14.4 Å². The Balaban J connectivity index is 1.25. The van der Waals surface area contributed by atoms with E-state index in [0.717, 1.165) is 18.4 Å². The lowest BCUT2D eigenvalue weighted by Crippen LogP contribution is -2.50. The zero-order chi connectivity index (χ0) is 24.3. The van der Waals surface area contributed by atoms with Gasteiger partial charge in [-0.1, -0.05) is 30.3 Å². The summed E-state index contributed by atoms with van der Waals surface area (Å²) in [6.45, 7) is 6.99. The van der Waals surface area contributed by atoms with Crippen molar-refractivity contribution >= 4 is 18.0 Å². The van der Waals surface area contributed by atoms with Gasteiger partial charge in [0.25, 0.3) is 5.91 Å². The molecule has 0 saturated carbocycles. The largest absolute Gasteiger partial charge is 0.444 e. The molecule has 3 unspecified atom stereocenters. The zero-order valence-electron chi connectivity index (χ0n) is 20.1. The van der Waals surface area contributed by atoms with Crippen molar-refractivity contribution in [2.75, 3.05) is 19.7 Å². The van der Waals surface area contributed by atoms with Crippen molar-refractivity contribution in [3.05, 3.63) is 35.9 Å². The summed E-state index contributed by atoms with van der Waals surface area (Å²) in [5.74, 6) is -0.362. The van der Waals surface area contributed by atoms with E-state index in [1.54, 1.807) is 9.80 Å². The predicted octanol–water partition coefficient (Wildman–Crippen LogP) is 2.83. The maximum absolute atomic E-state index is 12.9. The SMILES string of the molecule is CC(C)(C)OC(=O)N1CCCC1CONC(=O)C1CCC2CN1C(=O)N2OCc1ccccc1. The van der Waals surface area contributed by atoms with Crippen molar-refractivity contribution in [3.8, 4) is 0 Å². The number of nitrogens with zero attached hydrogens (tertiary/aromatic N) is 3. The first-order chi connectivity index (χ1) is 16.2. The van der Waals surface area contributed by atoms with Crippen molar-refractivity contribution in [2.24, 2.45) is 0 Å². The molecule has 1 N–H and O–H groups in total. The molecule has 4 rings (SSSR count). The fraction of sp³-hybridized carbons (Fsp3) is 0.625. The molecule has 3 heterocycles. The van der Waals surface area contributed by atoms with Crippen LogP contribution in [-0.4, -0.2) is 76.3 Å². The molecule has 0 aliphatic carbocycles. The summed E-state index contributed by atoms with van der Waals surface area (Å²) in [5.41, 5.74) is 2.90. The normalized spacial score (nSPS) is 24.5. The number of hydrogen-bond acceptors (Lipinski definition) is 6. The van der Waals surface area contributed by atoms with Gasteiger partial charge in [-0.2, -0.15) is 5.06 Å². The lowest BCUT2D eigenvalue weighted by Gasteiger charge is -2.30. The van der Waals surface area contributed by atoms with Crippen LogP contribution in [0, 0.1) is 0 Å². The molecule has 186 valence electrons. The van der Waals surface area contributed by atoms with Crippen LogP contribution < -0.4 is 5.48 Å². The third-order valence-electron chi connectivity index (χ3n) is 6.29. The Bertz CT molecular complexity index is 889. The Morgan fingerprint density at radius 2 is 1.88 bits per heavy atom. The first-order valence-corrected chi connectivity index (χ1v) is 11.9. The van der Waals surface area contributed by atoms with E-state index in [2.05, 4.69) is 5.48 Å². The molecule has 2 bridgehead atoms. The molecule has 3 fully saturated rings. The first kappa shape index (κ1) is 24.3. The van der Waals surface area contributed by atoms with E-state index in [9.17, 15) is 14.4 Å². The molecular formula is C24H34N4O6. The van der Waals surface area contributed by atoms with Gasteiger partial charge < -0.3 is 14.5 Å². The van der Waals surface area contributed by atoms with Gasteiger partial charge in [-0.05, 0) is 52.0 Å². The predicted molar refractivity (Wildman–Crippen MR) is 122 cm³/mol. The molecule has 4 amide bonds. The lowest BCUT2D eigenvalue weighted by molar-refractivity contribution is -0.141. The summed E-state index contributed by atoms with van der Waals surface area (Å²) in [7, 11) is 0. The Labute approximate surface area is 200 Å². The maximum Gasteiger partial charge on any atom is 0.410 e. The summed E-state index contributed by atoms with van der Waals surface area (Å²) >= 11 is 0. The third-order valence-corrected chi connectivity index (χ3v) is 6.29. The average Bonchev–Trinajstić information content (AvgIpc) is 3.35. The number of rotatable bonds is 7. The second-order valence-electron chi connectivity index (χ2n) is 10.0. The standard InChI is InChI=1S/C24H34N4O6/c1-24(2,3)34-23(31)26-13-7-10-19(26)16-32-25-21(29)20-12-11-18-14-27(20)22(30)28(18)33-15-17-8-5-4-6-9-17/h4-6,8-9,18-20H,7,10-16H2,1-3H3,(H,25,29). The quantitative estimate of drug-likeness (QED) is 0.610. The summed E-state index contributed by atoms with van der Waals surface area (Å²) in [6, 6.07) is 8.50. The van der Waals surface area contributed by atoms with E-state index in [-0.39, 0.29) is 36.7 Å². The van der Waals surface area contributed by atoms with Gasteiger partial charge in [-0.15, -0.1) is 0 Å². The van der Waals surface area contributed by atoms with Gasteiger partial charge in [0.15, 0.2) is 0 Å². The van der Waals surface area contributed by atoms with Crippen LogP contribution in [0.4, 0.5) is 9.59 Å². The Kier molecular flexibility index (Phi) is 7.27. The number of fused-ring (bicyclic) bond motifs is 2. The minimum absolute atomic E-state index is 0.0675. The average molecular weight is 475 g/mol. The monoisotopic (exact) mass is 474 g/mol. The number of carbonyl (C=O) groups is 3. The number of hydroxylamine groups is 3. The van der Waals surface area contributed by atoms with Crippen LogP contribution in [0.3, 0.4) is 0 Å². The Morgan fingerprint density at radius 3 is 2.62 bits per heavy atom. The molecule has 3 aliphatic heterocycles. The van der Waals surface area contributed by atoms with Crippen molar-refractivity contribution in [3.63, 3.8) is 0 Å². The molecule has 10 heteroatoms. The number of amides is 4. The number of piperidine rings is 1. The molecule has 1 aromatic rings. The third kappa shape index (κ3) is 5.61. The van der Waals surface area contributed by atoms with Gasteiger partial charge in [-0.25, -0.2) is 15.1 Å². The lowest BCUT2D eigenvalue weighted by atomic mass is 10.0. The van der Waals surface area contributed by atoms with Gasteiger partial charge >= 0.3 is 12.1 Å². The molecule has 34 heavy (non-hydrogen) atoms.